The molecule has 1 heterocycles. The van der Waals surface area contributed by atoms with Crippen molar-refractivity contribution in [2.75, 3.05) is 20.2 Å². The number of amides is 2. The highest BCUT2D eigenvalue weighted by molar-refractivity contribution is 5.83. The number of hydrogen-bond donors (Lipinski definition) is 1. The van der Waals surface area contributed by atoms with Crippen LogP contribution in [0.2, 0.25) is 0 Å². The van der Waals surface area contributed by atoms with E-state index in [2.05, 4.69) is 5.32 Å². The summed E-state index contributed by atoms with van der Waals surface area (Å²) in [5, 5.41) is 2.80. The predicted molar refractivity (Wildman–Crippen MR) is 79.9 cm³/mol. The van der Waals surface area contributed by atoms with E-state index in [-0.39, 0.29) is 6.03 Å². The third-order valence-corrected chi connectivity index (χ3v) is 3.71. The Balaban J connectivity index is 1.99. The molecule has 2 amide bonds. The Morgan fingerprint density at radius 1 is 1.19 bits per heavy atom. The van der Waals surface area contributed by atoms with Crippen molar-refractivity contribution < 1.29 is 14.3 Å². The van der Waals surface area contributed by atoms with Gasteiger partial charge in [0.05, 0.1) is 7.11 Å². The largest absolute Gasteiger partial charge is 0.467 e. The van der Waals surface area contributed by atoms with Crippen molar-refractivity contribution in [3.05, 3.63) is 35.9 Å². The van der Waals surface area contributed by atoms with Gasteiger partial charge < -0.3 is 15.0 Å². The van der Waals surface area contributed by atoms with E-state index in [0.29, 0.717) is 6.42 Å². The molecule has 0 aromatic heterocycles. The maximum Gasteiger partial charge on any atom is 0.328 e. The molecule has 2 rings (SSSR count). The molecule has 0 bridgehead atoms. The van der Waals surface area contributed by atoms with Crippen molar-refractivity contribution in [3.8, 4) is 0 Å². The van der Waals surface area contributed by atoms with Gasteiger partial charge in [0.25, 0.3) is 0 Å². The minimum atomic E-state index is -0.646. The van der Waals surface area contributed by atoms with Gasteiger partial charge in [-0.25, -0.2) is 9.59 Å². The second-order valence-electron chi connectivity index (χ2n) is 5.26. The molecule has 1 aromatic rings. The van der Waals surface area contributed by atoms with Crippen LogP contribution in [-0.4, -0.2) is 43.1 Å². The van der Waals surface area contributed by atoms with Gasteiger partial charge in [-0.1, -0.05) is 30.3 Å². The molecule has 0 radical (unpaired) electrons. The fourth-order valence-electron chi connectivity index (χ4n) is 2.52. The molecule has 0 saturated carbocycles. The summed E-state index contributed by atoms with van der Waals surface area (Å²) >= 11 is 0. The molecular weight excluding hydrogens is 268 g/mol. The number of benzene rings is 1. The lowest BCUT2D eigenvalue weighted by Gasteiger charge is -2.28. The van der Waals surface area contributed by atoms with Gasteiger partial charge in [0.2, 0.25) is 0 Å². The van der Waals surface area contributed by atoms with Crippen molar-refractivity contribution in [2.24, 2.45) is 0 Å². The van der Waals surface area contributed by atoms with Crippen LogP contribution < -0.4 is 5.32 Å². The maximum atomic E-state index is 12.2. The fourth-order valence-corrected chi connectivity index (χ4v) is 2.52. The number of ether oxygens (including phenoxy) is 1. The molecule has 0 aliphatic carbocycles. The molecule has 1 N–H and O–H groups in total. The van der Waals surface area contributed by atoms with Crippen molar-refractivity contribution in [2.45, 2.75) is 31.7 Å². The van der Waals surface area contributed by atoms with Crippen LogP contribution in [0.25, 0.3) is 0 Å². The van der Waals surface area contributed by atoms with Crippen molar-refractivity contribution in [1.29, 1.82) is 0 Å². The van der Waals surface area contributed by atoms with E-state index >= 15 is 0 Å². The first kappa shape index (κ1) is 15.4. The normalized spacial score (nSPS) is 16.1. The van der Waals surface area contributed by atoms with Crippen LogP contribution in [0, 0.1) is 0 Å². The Kier molecular flexibility index (Phi) is 5.60. The summed E-state index contributed by atoms with van der Waals surface area (Å²) in [5.74, 6) is -0.413. The van der Waals surface area contributed by atoms with E-state index in [9.17, 15) is 9.59 Å². The van der Waals surface area contributed by atoms with E-state index in [1.807, 2.05) is 30.3 Å². The van der Waals surface area contributed by atoms with Crippen LogP contribution in [0.3, 0.4) is 0 Å². The summed E-state index contributed by atoms with van der Waals surface area (Å²) in [6, 6.07) is 8.79. The molecule has 0 spiro atoms. The summed E-state index contributed by atoms with van der Waals surface area (Å²) in [7, 11) is 1.34. The lowest BCUT2D eigenvalue weighted by atomic mass is 10.1. The van der Waals surface area contributed by atoms with Gasteiger partial charge in [0.1, 0.15) is 6.04 Å². The molecule has 5 nitrogen and oxygen atoms in total. The first-order valence-corrected chi connectivity index (χ1v) is 7.38. The van der Waals surface area contributed by atoms with Crippen LogP contribution in [0.1, 0.15) is 24.8 Å². The Hall–Kier alpha value is -2.04. The average Bonchev–Trinajstić information content (AvgIpc) is 2.55. The molecule has 1 aliphatic heterocycles. The van der Waals surface area contributed by atoms with Gasteiger partial charge in [0, 0.05) is 19.5 Å². The summed E-state index contributed by atoms with van der Waals surface area (Å²) < 4.78 is 4.80. The Bertz CT molecular complexity index is 470. The third-order valence-electron chi connectivity index (χ3n) is 3.71. The maximum absolute atomic E-state index is 12.2. The average molecular weight is 290 g/mol. The number of nitrogens with zero attached hydrogens (tertiary/aromatic N) is 1. The lowest BCUT2D eigenvalue weighted by Crippen LogP contribution is -2.50. The number of methoxy groups -OCH3 is 1. The van der Waals surface area contributed by atoms with E-state index in [1.54, 1.807) is 4.90 Å². The zero-order valence-corrected chi connectivity index (χ0v) is 12.4. The number of rotatable bonds is 4. The number of nitrogens with one attached hydrogen (secondary N) is 1. The fraction of sp³-hybridized carbons (Fsp3) is 0.500. The zero-order valence-electron chi connectivity index (χ0n) is 12.4. The number of carbonyl (C=O) groups excluding carboxylic acids is 2. The Labute approximate surface area is 125 Å². The first-order valence-electron chi connectivity index (χ1n) is 7.38. The summed E-state index contributed by atoms with van der Waals surface area (Å²) in [4.78, 5) is 25.9. The topological polar surface area (TPSA) is 58.6 Å². The number of piperidine rings is 1. The molecule has 1 atom stereocenters. The van der Waals surface area contributed by atoms with E-state index in [4.69, 9.17) is 4.74 Å². The van der Waals surface area contributed by atoms with Crippen molar-refractivity contribution >= 4 is 12.0 Å². The first-order chi connectivity index (χ1) is 10.2. The third kappa shape index (κ3) is 4.48. The molecule has 1 aromatic carbocycles. The second kappa shape index (κ2) is 7.67. The Morgan fingerprint density at radius 3 is 2.48 bits per heavy atom. The number of likely N-dealkylation sites (tertiary alicyclic amines) is 1. The van der Waals surface area contributed by atoms with E-state index in [0.717, 1.165) is 37.9 Å². The summed E-state index contributed by atoms with van der Waals surface area (Å²) in [6.45, 7) is 1.51. The predicted octanol–water partition coefficient (Wildman–Crippen LogP) is 1.97. The highest BCUT2D eigenvalue weighted by Gasteiger charge is 2.25. The standard InChI is InChI=1S/C16H22N2O3/c1-21-15(19)14(12-13-8-4-2-5-9-13)17-16(20)18-10-6-3-7-11-18/h2,4-5,8-9,14H,3,6-7,10-12H2,1H3,(H,17,20)/t14-/m0/s1. The van der Waals surface area contributed by atoms with Gasteiger partial charge in [-0.05, 0) is 24.8 Å². The Morgan fingerprint density at radius 2 is 1.86 bits per heavy atom. The van der Waals surface area contributed by atoms with Crippen LogP contribution in [0.4, 0.5) is 4.79 Å². The minimum absolute atomic E-state index is 0.180. The summed E-state index contributed by atoms with van der Waals surface area (Å²) in [6.07, 6.45) is 3.64. The van der Waals surface area contributed by atoms with Crippen LogP contribution in [0.5, 0.6) is 0 Å². The molecule has 1 aliphatic rings. The van der Waals surface area contributed by atoms with Gasteiger partial charge in [0.15, 0.2) is 0 Å². The van der Waals surface area contributed by atoms with E-state index in [1.165, 1.54) is 7.11 Å². The number of hydrogen-bond acceptors (Lipinski definition) is 3. The number of urea groups is 1. The van der Waals surface area contributed by atoms with Crippen molar-refractivity contribution in [1.82, 2.24) is 10.2 Å². The van der Waals surface area contributed by atoms with Crippen LogP contribution in [-0.2, 0) is 16.0 Å². The zero-order chi connectivity index (χ0) is 15.1. The number of carbonyl (C=O) groups is 2. The summed E-state index contributed by atoms with van der Waals surface area (Å²) in [5.41, 5.74) is 0.992. The van der Waals surface area contributed by atoms with Crippen LogP contribution in [0.15, 0.2) is 30.3 Å². The molecular formula is C16H22N2O3. The highest BCUT2D eigenvalue weighted by atomic mass is 16.5. The SMILES string of the molecule is COC(=O)[C@H](Cc1ccccc1)NC(=O)N1CCCCC1. The molecule has 0 unspecified atom stereocenters. The van der Waals surface area contributed by atoms with Gasteiger partial charge in [-0.15, -0.1) is 0 Å². The highest BCUT2D eigenvalue weighted by Crippen LogP contribution is 2.10. The second-order valence-corrected chi connectivity index (χ2v) is 5.26. The monoisotopic (exact) mass is 290 g/mol. The minimum Gasteiger partial charge on any atom is -0.467 e. The van der Waals surface area contributed by atoms with Gasteiger partial charge >= 0.3 is 12.0 Å². The van der Waals surface area contributed by atoms with Crippen LogP contribution >= 0.6 is 0 Å². The lowest BCUT2D eigenvalue weighted by molar-refractivity contribution is -0.142. The van der Waals surface area contributed by atoms with Gasteiger partial charge in [-0.2, -0.15) is 0 Å². The van der Waals surface area contributed by atoms with E-state index < -0.39 is 12.0 Å². The smallest absolute Gasteiger partial charge is 0.328 e. The molecule has 5 heteroatoms. The van der Waals surface area contributed by atoms with Gasteiger partial charge in [-0.3, -0.25) is 0 Å². The molecule has 21 heavy (non-hydrogen) atoms. The molecule has 114 valence electrons. The number of esters is 1. The molecule has 1 fully saturated rings. The van der Waals surface area contributed by atoms with Crippen molar-refractivity contribution in [3.63, 3.8) is 0 Å². The quantitative estimate of drug-likeness (QED) is 0.862. The molecule has 1 saturated heterocycles.